The van der Waals surface area contributed by atoms with Crippen molar-refractivity contribution in [3.63, 3.8) is 0 Å². The van der Waals surface area contributed by atoms with Crippen LogP contribution in [0.2, 0.25) is 0 Å². The molecule has 1 aliphatic carbocycles. The number of nitrogens with zero attached hydrogens (tertiary/aromatic N) is 1. The first-order chi connectivity index (χ1) is 11.3. The highest BCUT2D eigenvalue weighted by Crippen LogP contribution is 2.28. The number of hydrogen-bond acceptors (Lipinski definition) is 3. The maximum atomic E-state index is 5.62. The predicted octanol–water partition coefficient (Wildman–Crippen LogP) is 2.22. The molecule has 1 saturated carbocycles. The number of para-hydroxylation sites is 1. The molecule has 0 bridgehead atoms. The summed E-state index contributed by atoms with van der Waals surface area (Å²) in [5.41, 5.74) is 1.20. The van der Waals surface area contributed by atoms with Gasteiger partial charge in [-0.2, -0.15) is 0 Å². The van der Waals surface area contributed by atoms with Crippen molar-refractivity contribution in [2.75, 3.05) is 40.5 Å². The number of rotatable bonds is 10. The Bertz CT molecular complexity index is 487. The molecule has 0 aromatic heterocycles. The molecule has 128 valence electrons. The smallest absolute Gasteiger partial charge is 0.190 e. The third-order valence-corrected chi connectivity index (χ3v) is 3.91. The minimum atomic E-state index is 0.818. The van der Waals surface area contributed by atoms with Crippen LogP contribution in [0.4, 0.5) is 0 Å². The fourth-order valence-corrected chi connectivity index (χ4v) is 2.36. The molecule has 0 unspecified atom stereocenters. The molecule has 5 nitrogen and oxygen atoms in total. The van der Waals surface area contributed by atoms with Gasteiger partial charge in [-0.15, -0.1) is 0 Å². The van der Waals surface area contributed by atoms with Crippen LogP contribution in [0.25, 0.3) is 0 Å². The zero-order chi connectivity index (χ0) is 16.3. The lowest BCUT2D eigenvalue weighted by Crippen LogP contribution is -2.39. The standard InChI is InChI=1S/C18H29N3O2/c1-19-18(20-11-5-13-23-14-15-8-9-15)21-12-10-16-6-3-4-7-17(16)22-2/h3-4,6-7,15H,5,8-14H2,1-2H3,(H2,19,20,21). The van der Waals surface area contributed by atoms with E-state index in [1.54, 1.807) is 14.2 Å². The molecule has 0 amide bonds. The third kappa shape index (κ3) is 6.91. The van der Waals surface area contributed by atoms with Crippen LogP contribution in [0.15, 0.2) is 29.3 Å². The molecule has 1 aliphatic rings. The van der Waals surface area contributed by atoms with Crippen LogP contribution in [0, 0.1) is 5.92 Å². The van der Waals surface area contributed by atoms with Gasteiger partial charge in [0.05, 0.1) is 7.11 Å². The lowest BCUT2D eigenvalue weighted by atomic mass is 10.1. The summed E-state index contributed by atoms with van der Waals surface area (Å²) in [4.78, 5) is 4.24. The molecule has 1 aromatic carbocycles. The van der Waals surface area contributed by atoms with Crippen molar-refractivity contribution >= 4 is 5.96 Å². The molecular formula is C18H29N3O2. The van der Waals surface area contributed by atoms with E-state index in [9.17, 15) is 0 Å². The molecule has 23 heavy (non-hydrogen) atoms. The summed E-state index contributed by atoms with van der Waals surface area (Å²) in [5, 5.41) is 6.65. The Morgan fingerprint density at radius 2 is 2.00 bits per heavy atom. The van der Waals surface area contributed by atoms with Crippen LogP contribution in [0.1, 0.15) is 24.8 Å². The van der Waals surface area contributed by atoms with Crippen LogP contribution in [0.5, 0.6) is 5.75 Å². The molecule has 1 fully saturated rings. The fourth-order valence-electron chi connectivity index (χ4n) is 2.36. The van der Waals surface area contributed by atoms with Crippen molar-refractivity contribution in [3.8, 4) is 5.75 Å². The highest BCUT2D eigenvalue weighted by Gasteiger charge is 2.20. The molecule has 0 heterocycles. The molecule has 2 N–H and O–H groups in total. The quantitative estimate of drug-likeness (QED) is 0.394. The maximum absolute atomic E-state index is 5.62. The van der Waals surface area contributed by atoms with Gasteiger partial charge in [-0.3, -0.25) is 4.99 Å². The van der Waals surface area contributed by atoms with Crippen LogP contribution >= 0.6 is 0 Å². The van der Waals surface area contributed by atoms with Crippen molar-refractivity contribution in [2.24, 2.45) is 10.9 Å². The number of methoxy groups -OCH3 is 1. The summed E-state index contributed by atoms with van der Waals surface area (Å²) in [5.74, 6) is 2.61. The van der Waals surface area contributed by atoms with E-state index in [2.05, 4.69) is 21.7 Å². The van der Waals surface area contributed by atoms with Gasteiger partial charge in [0.25, 0.3) is 0 Å². The molecule has 1 aromatic rings. The second kappa shape index (κ2) is 10.1. The van der Waals surface area contributed by atoms with Crippen molar-refractivity contribution in [3.05, 3.63) is 29.8 Å². The Kier molecular flexibility index (Phi) is 7.73. The summed E-state index contributed by atoms with van der Waals surface area (Å²) < 4.78 is 11.0. The predicted molar refractivity (Wildman–Crippen MR) is 94.2 cm³/mol. The van der Waals surface area contributed by atoms with E-state index in [1.165, 1.54) is 18.4 Å². The van der Waals surface area contributed by atoms with Gasteiger partial charge in [-0.05, 0) is 43.2 Å². The van der Waals surface area contributed by atoms with E-state index < -0.39 is 0 Å². The highest BCUT2D eigenvalue weighted by molar-refractivity contribution is 5.79. The average Bonchev–Trinajstić information content (AvgIpc) is 3.41. The van der Waals surface area contributed by atoms with Gasteiger partial charge < -0.3 is 20.1 Å². The molecule has 0 saturated heterocycles. The van der Waals surface area contributed by atoms with Crippen molar-refractivity contribution in [1.82, 2.24) is 10.6 Å². The molecule has 0 radical (unpaired) electrons. The third-order valence-electron chi connectivity index (χ3n) is 3.91. The number of ether oxygens (including phenoxy) is 2. The number of benzene rings is 1. The number of aliphatic imine (C=N–C) groups is 1. The van der Waals surface area contributed by atoms with Crippen molar-refractivity contribution in [1.29, 1.82) is 0 Å². The Labute approximate surface area is 139 Å². The molecular weight excluding hydrogens is 290 g/mol. The minimum absolute atomic E-state index is 0.818. The van der Waals surface area contributed by atoms with E-state index in [4.69, 9.17) is 9.47 Å². The number of nitrogens with one attached hydrogen (secondary N) is 2. The first kappa shape index (κ1) is 17.6. The van der Waals surface area contributed by atoms with Crippen LogP contribution in [-0.4, -0.2) is 46.4 Å². The Balaban J connectivity index is 1.57. The first-order valence-corrected chi connectivity index (χ1v) is 8.47. The molecule has 0 atom stereocenters. The van der Waals surface area contributed by atoms with E-state index in [0.717, 1.165) is 56.8 Å². The van der Waals surface area contributed by atoms with Crippen LogP contribution < -0.4 is 15.4 Å². The summed E-state index contributed by atoms with van der Waals surface area (Å²) in [6, 6.07) is 8.10. The van der Waals surface area contributed by atoms with Crippen LogP contribution in [-0.2, 0) is 11.2 Å². The largest absolute Gasteiger partial charge is 0.496 e. The average molecular weight is 319 g/mol. The number of hydrogen-bond donors (Lipinski definition) is 2. The Hall–Kier alpha value is -1.75. The molecule has 2 rings (SSSR count). The van der Waals surface area contributed by atoms with Crippen molar-refractivity contribution in [2.45, 2.75) is 25.7 Å². The van der Waals surface area contributed by atoms with Gasteiger partial charge >= 0.3 is 0 Å². The maximum Gasteiger partial charge on any atom is 0.190 e. The lowest BCUT2D eigenvalue weighted by molar-refractivity contribution is 0.123. The van der Waals surface area contributed by atoms with Gasteiger partial charge in [-0.1, -0.05) is 18.2 Å². The van der Waals surface area contributed by atoms with Crippen molar-refractivity contribution < 1.29 is 9.47 Å². The first-order valence-electron chi connectivity index (χ1n) is 8.47. The van der Waals surface area contributed by atoms with Gasteiger partial charge in [-0.25, -0.2) is 0 Å². The Morgan fingerprint density at radius 1 is 1.22 bits per heavy atom. The monoisotopic (exact) mass is 319 g/mol. The molecule has 0 aliphatic heterocycles. The topological polar surface area (TPSA) is 54.9 Å². The van der Waals surface area contributed by atoms with Crippen LogP contribution in [0.3, 0.4) is 0 Å². The Morgan fingerprint density at radius 3 is 2.74 bits per heavy atom. The zero-order valence-corrected chi connectivity index (χ0v) is 14.3. The normalized spacial score (nSPS) is 14.6. The second-order valence-electron chi connectivity index (χ2n) is 5.86. The molecule has 5 heteroatoms. The lowest BCUT2D eigenvalue weighted by Gasteiger charge is -2.13. The van der Waals surface area contributed by atoms with E-state index >= 15 is 0 Å². The minimum Gasteiger partial charge on any atom is -0.496 e. The number of guanidine groups is 1. The van der Waals surface area contributed by atoms with Gasteiger partial charge in [0.15, 0.2) is 5.96 Å². The second-order valence-corrected chi connectivity index (χ2v) is 5.86. The van der Waals surface area contributed by atoms with E-state index in [1.807, 2.05) is 18.2 Å². The molecule has 0 spiro atoms. The fraction of sp³-hybridized carbons (Fsp3) is 0.611. The summed E-state index contributed by atoms with van der Waals surface area (Å²) in [6.45, 7) is 3.45. The highest BCUT2D eigenvalue weighted by atomic mass is 16.5. The zero-order valence-electron chi connectivity index (χ0n) is 14.3. The summed E-state index contributed by atoms with van der Waals surface area (Å²) in [6.07, 6.45) is 4.59. The van der Waals surface area contributed by atoms with Gasteiger partial charge in [0, 0.05) is 33.4 Å². The van der Waals surface area contributed by atoms with Gasteiger partial charge in [0.1, 0.15) is 5.75 Å². The van der Waals surface area contributed by atoms with E-state index in [0.29, 0.717) is 0 Å². The van der Waals surface area contributed by atoms with E-state index in [-0.39, 0.29) is 0 Å². The summed E-state index contributed by atoms with van der Waals surface area (Å²) in [7, 11) is 3.50. The summed E-state index contributed by atoms with van der Waals surface area (Å²) >= 11 is 0. The van der Waals surface area contributed by atoms with Gasteiger partial charge in [0.2, 0.25) is 0 Å². The SMILES string of the molecule is CN=C(NCCCOCC1CC1)NCCc1ccccc1OC.